The molecule has 1 amide bonds. The van der Waals surface area contributed by atoms with Crippen LogP contribution in [-0.4, -0.2) is 23.2 Å². The number of ether oxygens (including phenoxy) is 1. The van der Waals surface area contributed by atoms with Gasteiger partial charge in [-0.3, -0.25) is 9.89 Å². The highest BCUT2D eigenvalue weighted by atomic mass is 19.1. The second-order valence-corrected chi connectivity index (χ2v) is 3.91. The van der Waals surface area contributed by atoms with E-state index >= 15 is 0 Å². The summed E-state index contributed by atoms with van der Waals surface area (Å²) in [4.78, 5) is 12.0. The van der Waals surface area contributed by atoms with Crippen molar-refractivity contribution < 1.29 is 13.9 Å². The van der Waals surface area contributed by atoms with Gasteiger partial charge < -0.3 is 15.8 Å². The molecule has 0 aliphatic rings. The maximum atomic E-state index is 13.6. The fraction of sp³-hybridized carbons (Fsp3) is 0.167. The Morgan fingerprint density at radius 2 is 2.26 bits per heavy atom. The van der Waals surface area contributed by atoms with Gasteiger partial charge in [-0.1, -0.05) is 0 Å². The third-order valence-corrected chi connectivity index (χ3v) is 2.62. The molecule has 0 aliphatic heterocycles. The largest absolute Gasteiger partial charge is 0.497 e. The second-order valence-electron chi connectivity index (χ2n) is 3.91. The Morgan fingerprint density at radius 1 is 1.53 bits per heavy atom. The number of nitrogens with two attached hydrogens (primary N) is 1. The predicted molar refractivity (Wildman–Crippen MR) is 68.6 cm³/mol. The highest BCUT2D eigenvalue weighted by molar-refractivity contribution is 6.08. The maximum Gasteiger partial charge on any atom is 0.261 e. The Bertz CT molecular complexity index is 605. The van der Waals surface area contributed by atoms with Crippen molar-refractivity contribution >= 4 is 17.4 Å². The molecule has 0 saturated heterocycles. The molecule has 0 bridgehead atoms. The SMILES string of the molecule is COc1ccc(F)c(NC(=O)c2c(N)n[nH]c2C)c1. The fourth-order valence-electron chi connectivity index (χ4n) is 1.65. The number of aryl methyl sites for hydroxylation is 1. The highest BCUT2D eigenvalue weighted by Gasteiger charge is 2.17. The summed E-state index contributed by atoms with van der Waals surface area (Å²) in [7, 11) is 1.46. The quantitative estimate of drug-likeness (QED) is 0.786. The zero-order valence-electron chi connectivity index (χ0n) is 10.5. The van der Waals surface area contributed by atoms with Gasteiger partial charge in [-0.2, -0.15) is 5.10 Å². The third-order valence-electron chi connectivity index (χ3n) is 2.62. The van der Waals surface area contributed by atoms with Crippen molar-refractivity contribution in [1.82, 2.24) is 10.2 Å². The topological polar surface area (TPSA) is 93.0 Å². The van der Waals surface area contributed by atoms with E-state index in [1.165, 1.54) is 25.3 Å². The summed E-state index contributed by atoms with van der Waals surface area (Å²) in [5.74, 6) is -0.586. The molecule has 1 aromatic carbocycles. The number of nitrogens with one attached hydrogen (secondary N) is 2. The number of benzene rings is 1. The molecule has 19 heavy (non-hydrogen) atoms. The first kappa shape index (κ1) is 12.9. The number of carbonyl (C=O) groups excluding carboxylic acids is 1. The van der Waals surface area contributed by atoms with E-state index < -0.39 is 11.7 Å². The standard InChI is InChI=1S/C12H13FN4O2/c1-6-10(11(14)17-16-6)12(18)15-9-5-7(19-2)3-4-8(9)13/h3-5H,1-2H3,(H,15,18)(H3,14,16,17). The van der Waals surface area contributed by atoms with E-state index in [0.29, 0.717) is 11.4 Å². The van der Waals surface area contributed by atoms with Crippen LogP contribution >= 0.6 is 0 Å². The van der Waals surface area contributed by atoms with Crippen LogP contribution in [0.15, 0.2) is 18.2 Å². The van der Waals surface area contributed by atoms with Crippen LogP contribution in [0.3, 0.4) is 0 Å². The lowest BCUT2D eigenvalue weighted by atomic mass is 10.2. The summed E-state index contributed by atoms with van der Waals surface area (Å²) in [6, 6.07) is 4.06. The van der Waals surface area contributed by atoms with Gasteiger partial charge >= 0.3 is 0 Å². The minimum Gasteiger partial charge on any atom is -0.497 e. The molecule has 4 N–H and O–H groups in total. The number of methoxy groups -OCH3 is 1. The minimum absolute atomic E-state index is 0.0179. The van der Waals surface area contributed by atoms with Crippen molar-refractivity contribution in [3.8, 4) is 5.75 Å². The number of hydrogen-bond acceptors (Lipinski definition) is 4. The zero-order valence-corrected chi connectivity index (χ0v) is 10.5. The molecule has 2 rings (SSSR count). The van der Waals surface area contributed by atoms with E-state index in [2.05, 4.69) is 15.5 Å². The lowest BCUT2D eigenvalue weighted by Gasteiger charge is -2.08. The van der Waals surface area contributed by atoms with Crippen LogP contribution in [0.1, 0.15) is 16.1 Å². The van der Waals surface area contributed by atoms with Crippen molar-refractivity contribution in [2.75, 3.05) is 18.2 Å². The number of rotatable bonds is 3. The lowest BCUT2D eigenvalue weighted by Crippen LogP contribution is -2.15. The molecule has 2 aromatic rings. The van der Waals surface area contributed by atoms with Gasteiger partial charge in [0.15, 0.2) is 5.82 Å². The van der Waals surface area contributed by atoms with Gasteiger partial charge in [0.2, 0.25) is 0 Å². The maximum absolute atomic E-state index is 13.6. The number of amides is 1. The molecule has 0 atom stereocenters. The van der Waals surface area contributed by atoms with Crippen molar-refractivity contribution in [3.05, 3.63) is 35.3 Å². The van der Waals surface area contributed by atoms with Crippen LogP contribution in [0.25, 0.3) is 0 Å². The number of halogens is 1. The van der Waals surface area contributed by atoms with E-state index in [-0.39, 0.29) is 17.1 Å². The summed E-state index contributed by atoms with van der Waals surface area (Å²) in [5.41, 5.74) is 6.30. The summed E-state index contributed by atoms with van der Waals surface area (Å²) in [5, 5.41) is 8.73. The first-order valence-corrected chi connectivity index (χ1v) is 5.48. The van der Waals surface area contributed by atoms with E-state index in [1.807, 2.05) is 0 Å². The number of nitrogens with zero attached hydrogens (tertiary/aromatic N) is 1. The smallest absolute Gasteiger partial charge is 0.261 e. The molecular weight excluding hydrogens is 251 g/mol. The molecule has 0 saturated carbocycles. The summed E-state index contributed by atoms with van der Waals surface area (Å²) in [6.45, 7) is 1.65. The van der Waals surface area contributed by atoms with Crippen molar-refractivity contribution in [1.29, 1.82) is 0 Å². The van der Waals surface area contributed by atoms with Gasteiger partial charge in [0, 0.05) is 11.8 Å². The Labute approximate surface area is 108 Å². The summed E-state index contributed by atoms with van der Waals surface area (Å²) in [6.07, 6.45) is 0. The number of nitrogen functional groups attached to an aromatic ring is 1. The molecule has 0 radical (unpaired) electrons. The van der Waals surface area contributed by atoms with E-state index in [4.69, 9.17) is 10.5 Å². The van der Waals surface area contributed by atoms with Gasteiger partial charge in [0.25, 0.3) is 5.91 Å². The number of carbonyl (C=O) groups is 1. The third kappa shape index (κ3) is 2.49. The average Bonchev–Trinajstić information content (AvgIpc) is 2.71. The fourth-order valence-corrected chi connectivity index (χ4v) is 1.65. The highest BCUT2D eigenvalue weighted by Crippen LogP contribution is 2.22. The molecular formula is C12H13FN4O2. The Hall–Kier alpha value is -2.57. The van der Waals surface area contributed by atoms with Gasteiger partial charge in [-0.05, 0) is 19.1 Å². The van der Waals surface area contributed by atoms with Crippen LogP contribution in [0.2, 0.25) is 0 Å². The average molecular weight is 264 g/mol. The van der Waals surface area contributed by atoms with Gasteiger partial charge in [-0.25, -0.2) is 4.39 Å². The molecule has 0 unspecified atom stereocenters. The monoisotopic (exact) mass is 264 g/mol. The molecule has 7 heteroatoms. The Morgan fingerprint density at radius 3 is 2.84 bits per heavy atom. The Balaban J connectivity index is 2.29. The van der Waals surface area contributed by atoms with Crippen LogP contribution < -0.4 is 15.8 Å². The lowest BCUT2D eigenvalue weighted by molar-refractivity contribution is 0.102. The first-order chi connectivity index (χ1) is 9.02. The first-order valence-electron chi connectivity index (χ1n) is 5.48. The molecule has 1 heterocycles. The van der Waals surface area contributed by atoms with Crippen LogP contribution in [0.4, 0.5) is 15.9 Å². The van der Waals surface area contributed by atoms with Gasteiger partial charge in [-0.15, -0.1) is 0 Å². The number of anilines is 2. The van der Waals surface area contributed by atoms with Crippen LogP contribution in [-0.2, 0) is 0 Å². The normalized spacial score (nSPS) is 10.3. The number of hydrogen-bond donors (Lipinski definition) is 3. The molecule has 0 fully saturated rings. The molecule has 0 aliphatic carbocycles. The van der Waals surface area contributed by atoms with Crippen molar-refractivity contribution in [2.24, 2.45) is 0 Å². The van der Waals surface area contributed by atoms with Crippen LogP contribution in [0.5, 0.6) is 5.75 Å². The zero-order chi connectivity index (χ0) is 14.0. The van der Waals surface area contributed by atoms with E-state index in [9.17, 15) is 9.18 Å². The number of H-pyrrole nitrogens is 1. The Kier molecular flexibility index (Phi) is 3.37. The van der Waals surface area contributed by atoms with Gasteiger partial charge in [0.05, 0.1) is 12.8 Å². The van der Waals surface area contributed by atoms with Crippen LogP contribution in [0, 0.1) is 12.7 Å². The summed E-state index contributed by atoms with van der Waals surface area (Å²) < 4.78 is 18.6. The number of aromatic nitrogens is 2. The van der Waals surface area contributed by atoms with E-state index in [0.717, 1.165) is 0 Å². The molecule has 0 spiro atoms. The summed E-state index contributed by atoms with van der Waals surface area (Å²) >= 11 is 0. The van der Waals surface area contributed by atoms with E-state index in [1.54, 1.807) is 6.92 Å². The molecule has 100 valence electrons. The molecule has 6 nitrogen and oxygen atoms in total. The predicted octanol–water partition coefficient (Wildman–Crippen LogP) is 1.70. The van der Waals surface area contributed by atoms with Crippen molar-refractivity contribution in [2.45, 2.75) is 6.92 Å². The second kappa shape index (κ2) is 4.97. The number of aromatic amines is 1. The van der Waals surface area contributed by atoms with Crippen molar-refractivity contribution in [3.63, 3.8) is 0 Å². The van der Waals surface area contributed by atoms with Gasteiger partial charge in [0.1, 0.15) is 17.1 Å². The molecule has 1 aromatic heterocycles. The minimum atomic E-state index is -0.561.